The zero-order chi connectivity index (χ0) is 24.6. The molecular formula is C23H26N2O8. The standard InChI is InChI=1S/C18H14O8.C5H12N2/c19-13(11-7-3-1-4-8-11)17(25,15(21)22)18(26,16(23)24)14(20)12-9-5-2-6-10-12;6-5-2-1-3-7-4-5/h1-10,25-26H,(H,21,22)(H,23,24);5,7H,1-4,6H2/t17-,18-;5-/m11/s1. The molecule has 10 nitrogen and oxygen atoms in total. The topological polar surface area (TPSA) is 187 Å². The molecule has 10 heteroatoms. The number of piperidine rings is 1. The van der Waals surface area contributed by atoms with E-state index >= 15 is 0 Å². The average Bonchev–Trinajstić information content (AvgIpc) is 2.83. The van der Waals surface area contributed by atoms with E-state index in [1.807, 2.05) is 0 Å². The smallest absolute Gasteiger partial charge is 0.348 e. The van der Waals surface area contributed by atoms with Crippen LogP contribution < -0.4 is 11.1 Å². The molecule has 3 rings (SSSR count). The van der Waals surface area contributed by atoms with E-state index in [0.29, 0.717) is 6.04 Å². The number of hydrogen-bond donors (Lipinski definition) is 6. The van der Waals surface area contributed by atoms with Crippen molar-refractivity contribution in [3.05, 3.63) is 71.8 Å². The first-order valence-electron chi connectivity index (χ1n) is 10.1. The number of ketones is 2. The Bertz CT molecular complexity index is 919. The van der Waals surface area contributed by atoms with Gasteiger partial charge in [0.1, 0.15) is 0 Å². The van der Waals surface area contributed by atoms with Crippen LogP contribution >= 0.6 is 0 Å². The number of benzene rings is 2. The summed E-state index contributed by atoms with van der Waals surface area (Å²) in [5, 5.41) is 43.1. The third-order valence-electron chi connectivity index (χ3n) is 5.21. The molecule has 0 unspecified atom stereocenters. The van der Waals surface area contributed by atoms with Gasteiger partial charge in [0.2, 0.25) is 11.6 Å². The largest absolute Gasteiger partial charge is 0.479 e. The van der Waals surface area contributed by atoms with Crippen LogP contribution in [0.5, 0.6) is 0 Å². The lowest BCUT2D eigenvalue weighted by atomic mass is 9.73. The third kappa shape index (κ3) is 5.32. The van der Waals surface area contributed by atoms with Crippen molar-refractivity contribution in [2.75, 3.05) is 13.1 Å². The fourth-order valence-corrected chi connectivity index (χ4v) is 3.31. The second-order valence-electron chi connectivity index (χ2n) is 7.53. The van der Waals surface area contributed by atoms with Gasteiger partial charge in [0.25, 0.3) is 11.2 Å². The molecule has 33 heavy (non-hydrogen) atoms. The Morgan fingerprint density at radius 3 is 1.42 bits per heavy atom. The summed E-state index contributed by atoms with van der Waals surface area (Å²) in [4.78, 5) is 48.5. The number of hydrogen-bond acceptors (Lipinski definition) is 8. The summed E-state index contributed by atoms with van der Waals surface area (Å²) in [6.07, 6.45) is 2.45. The zero-order valence-electron chi connectivity index (χ0n) is 17.7. The molecular weight excluding hydrogens is 432 g/mol. The van der Waals surface area contributed by atoms with Crippen molar-refractivity contribution in [2.45, 2.75) is 30.1 Å². The molecule has 0 amide bonds. The van der Waals surface area contributed by atoms with Crippen LogP contribution in [0.15, 0.2) is 60.7 Å². The molecule has 176 valence electrons. The summed E-state index contributed by atoms with van der Waals surface area (Å²) in [7, 11) is 0. The second kappa shape index (κ2) is 10.9. The van der Waals surface area contributed by atoms with E-state index in [-0.39, 0.29) is 0 Å². The van der Waals surface area contributed by atoms with E-state index in [2.05, 4.69) is 5.32 Å². The van der Waals surface area contributed by atoms with Crippen LogP contribution in [0, 0.1) is 0 Å². The van der Waals surface area contributed by atoms with E-state index in [1.165, 1.54) is 49.2 Å². The van der Waals surface area contributed by atoms with E-state index in [4.69, 9.17) is 5.73 Å². The minimum atomic E-state index is -3.95. The number of carbonyl (C=O) groups is 4. The van der Waals surface area contributed by atoms with Crippen LogP contribution in [0.3, 0.4) is 0 Å². The minimum absolute atomic E-state index is 0.391. The Labute approximate surface area is 189 Å². The van der Waals surface area contributed by atoms with Gasteiger partial charge in [0.05, 0.1) is 0 Å². The second-order valence-corrected chi connectivity index (χ2v) is 7.53. The average molecular weight is 458 g/mol. The van der Waals surface area contributed by atoms with Crippen molar-refractivity contribution in [3.8, 4) is 0 Å². The molecule has 1 saturated heterocycles. The molecule has 3 atom stereocenters. The molecule has 1 aliphatic heterocycles. The van der Waals surface area contributed by atoms with Gasteiger partial charge < -0.3 is 31.5 Å². The molecule has 0 saturated carbocycles. The molecule has 1 heterocycles. The monoisotopic (exact) mass is 458 g/mol. The molecule has 2 aromatic carbocycles. The van der Waals surface area contributed by atoms with Crippen molar-refractivity contribution >= 4 is 23.5 Å². The molecule has 0 bridgehead atoms. The van der Waals surface area contributed by atoms with E-state index < -0.39 is 45.8 Å². The SMILES string of the molecule is N[C@@H]1CCCNC1.O=C(O)[C@](O)(C(=O)c1ccccc1)[C@](O)(C(=O)O)C(=O)c1ccccc1. The highest BCUT2D eigenvalue weighted by Crippen LogP contribution is 2.31. The van der Waals surface area contributed by atoms with Gasteiger partial charge in [-0.05, 0) is 19.4 Å². The van der Waals surface area contributed by atoms with Crippen molar-refractivity contribution in [1.82, 2.24) is 5.32 Å². The fourth-order valence-electron chi connectivity index (χ4n) is 3.31. The zero-order valence-corrected chi connectivity index (χ0v) is 17.7. The molecule has 7 N–H and O–H groups in total. The van der Waals surface area contributed by atoms with Crippen LogP contribution in [0.25, 0.3) is 0 Å². The van der Waals surface area contributed by atoms with Crippen molar-refractivity contribution < 1.29 is 39.6 Å². The van der Waals surface area contributed by atoms with Gasteiger partial charge in [-0.3, -0.25) is 9.59 Å². The highest BCUT2D eigenvalue weighted by Gasteiger charge is 2.69. The van der Waals surface area contributed by atoms with Crippen molar-refractivity contribution in [3.63, 3.8) is 0 Å². The molecule has 1 aliphatic rings. The van der Waals surface area contributed by atoms with E-state index in [9.17, 15) is 39.6 Å². The van der Waals surface area contributed by atoms with Crippen molar-refractivity contribution in [1.29, 1.82) is 0 Å². The Balaban J connectivity index is 0.000000468. The molecule has 0 aromatic heterocycles. The fraction of sp³-hybridized carbons (Fsp3) is 0.304. The summed E-state index contributed by atoms with van der Waals surface area (Å²) >= 11 is 0. The minimum Gasteiger partial charge on any atom is -0.479 e. The van der Waals surface area contributed by atoms with E-state index in [0.717, 1.165) is 37.4 Å². The highest BCUT2D eigenvalue weighted by atomic mass is 16.5. The summed E-state index contributed by atoms with van der Waals surface area (Å²) < 4.78 is 0. The molecule has 1 fully saturated rings. The lowest BCUT2D eigenvalue weighted by Gasteiger charge is -2.34. The lowest BCUT2D eigenvalue weighted by Crippen LogP contribution is -2.71. The number of nitrogens with one attached hydrogen (secondary N) is 1. The Morgan fingerprint density at radius 2 is 1.18 bits per heavy atom. The van der Waals surface area contributed by atoms with Crippen LogP contribution in [0.2, 0.25) is 0 Å². The summed E-state index contributed by atoms with van der Waals surface area (Å²) in [5.74, 6) is -8.03. The van der Waals surface area contributed by atoms with Gasteiger partial charge in [-0.15, -0.1) is 0 Å². The molecule has 2 aromatic rings. The van der Waals surface area contributed by atoms with Gasteiger partial charge in [0.15, 0.2) is 0 Å². The highest BCUT2D eigenvalue weighted by molar-refractivity contribution is 6.28. The van der Waals surface area contributed by atoms with Crippen LogP contribution in [0.1, 0.15) is 33.6 Å². The first kappa shape index (κ1) is 25.8. The maximum absolute atomic E-state index is 12.6. The number of carboxylic acids is 2. The van der Waals surface area contributed by atoms with Gasteiger partial charge in [-0.2, -0.15) is 0 Å². The molecule has 0 radical (unpaired) electrons. The molecule has 0 spiro atoms. The van der Waals surface area contributed by atoms with Gasteiger partial charge >= 0.3 is 11.9 Å². The van der Waals surface area contributed by atoms with E-state index in [1.54, 1.807) is 0 Å². The summed E-state index contributed by atoms with van der Waals surface area (Å²) in [5.41, 5.74) is -3.11. The number of Topliss-reactive ketones (excluding diaryl/α,β-unsaturated/α-hetero) is 2. The first-order valence-corrected chi connectivity index (χ1v) is 10.1. The van der Waals surface area contributed by atoms with Crippen LogP contribution in [-0.2, 0) is 9.59 Å². The third-order valence-corrected chi connectivity index (χ3v) is 5.21. The lowest BCUT2D eigenvalue weighted by molar-refractivity contribution is -0.187. The number of carboxylic acid groups (broad SMARTS) is 2. The van der Waals surface area contributed by atoms with Gasteiger partial charge in [-0.1, -0.05) is 60.7 Å². The summed E-state index contributed by atoms with van der Waals surface area (Å²) in [6.45, 7) is 2.17. The van der Waals surface area contributed by atoms with Crippen molar-refractivity contribution in [2.24, 2.45) is 5.73 Å². The van der Waals surface area contributed by atoms with Crippen LogP contribution in [-0.4, -0.2) is 74.3 Å². The Morgan fingerprint density at radius 1 is 0.788 bits per heavy atom. The maximum atomic E-state index is 12.6. The maximum Gasteiger partial charge on any atom is 0.348 e. The number of nitrogens with two attached hydrogens (primary N) is 1. The van der Waals surface area contributed by atoms with Crippen LogP contribution in [0.4, 0.5) is 0 Å². The Hall–Kier alpha value is -3.44. The number of rotatable bonds is 7. The predicted molar refractivity (Wildman–Crippen MR) is 117 cm³/mol. The number of carbonyl (C=O) groups excluding carboxylic acids is 2. The van der Waals surface area contributed by atoms with Gasteiger partial charge in [0, 0.05) is 23.7 Å². The first-order chi connectivity index (χ1) is 15.6. The quantitative estimate of drug-likeness (QED) is 0.245. The molecule has 0 aliphatic carbocycles. The number of aliphatic hydroxyl groups is 2. The normalized spacial score (nSPS) is 19.1. The number of aliphatic carboxylic acids is 2. The Kier molecular flexibility index (Phi) is 8.55. The predicted octanol–water partition coefficient (Wildman–Crippen LogP) is 0.0807. The summed E-state index contributed by atoms with van der Waals surface area (Å²) in [6, 6.07) is 13.2. The van der Waals surface area contributed by atoms with Gasteiger partial charge in [-0.25, -0.2) is 9.59 Å².